The third-order valence-corrected chi connectivity index (χ3v) is 5.46. The summed E-state index contributed by atoms with van der Waals surface area (Å²) in [5.41, 5.74) is 4.89. The normalized spacial score (nSPS) is 10.6. The number of H-pyrrole nitrogens is 1. The fraction of sp³-hybridized carbons (Fsp3) is 0.250. The van der Waals surface area contributed by atoms with Gasteiger partial charge >= 0.3 is 5.97 Å². The molecular formula is C24H24BrNO4. The van der Waals surface area contributed by atoms with Gasteiger partial charge in [0.15, 0.2) is 5.75 Å². The molecule has 0 saturated heterocycles. The number of carbonyl (C=O) groups is 1. The molecule has 0 saturated carbocycles. The topological polar surface area (TPSA) is 68.4 Å². The Bertz CT molecular complexity index is 1090. The molecule has 1 N–H and O–H groups in total. The van der Waals surface area contributed by atoms with Gasteiger partial charge in [-0.3, -0.25) is 14.6 Å². The second-order valence-electron chi connectivity index (χ2n) is 7.07. The lowest BCUT2D eigenvalue weighted by molar-refractivity contribution is -0.210. The number of hydrogen-bond donors (Lipinski definition) is 1. The van der Waals surface area contributed by atoms with Crippen molar-refractivity contribution in [3.05, 3.63) is 86.2 Å². The van der Waals surface area contributed by atoms with Gasteiger partial charge in [0.2, 0.25) is 0 Å². The molecule has 0 atom stereocenters. The predicted octanol–water partition coefficient (Wildman–Crippen LogP) is 5.40. The van der Waals surface area contributed by atoms with E-state index < -0.39 is 5.97 Å². The molecule has 156 valence electrons. The zero-order valence-electron chi connectivity index (χ0n) is 17.0. The second-order valence-corrected chi connectivity index (χ2v) is 7.93. The summed E-state index contributed by atoms with van der Waals surface area (Å²) < 4.78 is 0.986. The van der Waals surface area contributed by atoms with Gasteiger partial charge in [-0.2, -0.15) is 0 Å². The number of benzene rings is 2. The Morgan fingerprint density at radius 2 is 1.83 bits per heavy atom. The van der Waals surface area contributed by atoms with Crippen LogP contribution in [-0.2, 0) is 28.9 Å². The zero-order chi connectivity index (χ0) is 21.5. The third kappa shape index (κ3) is 5.83. The van der Waals surface area contributed by atoms with Crippen LogP contribution >= 0.6 is 15.9 Å². The van der Waals surface area contributed by atoms with Gasteiger partial charge in [0, 0.05) is 23.2 Å². The first-order chi connectivity index (χ1) is 14.5. The Kier molecular flexibility index (Phi) is 7.46. The standard InChI is InChI=1S/C24H24BrNO4/c1-3-17-11-18(13-21(12-17)30-29-16(2)27)7-6-8-19-14-20(15-26-24(19)28)22-9-4-5-10-23(22)25/h4-5,9-15H,3,6-8H2,1-2H3,(H,26,28). The fourth-order valence-electron chi connectivity index (χ4n) is 3.28. The van der Waals surface area contributed by atoms with E-state index in [9.17, 15) is 9.59 Å². The molecule has 0 aliphatic carbocycles. The molecule has 0 aliphatic rings. The van der Waals surface area contributed by atoms with E-state index in [1.807, 2.05) is 42.5 Å². The molecule has 6 heteroatoms. The van der Waals surface area contributed by atoms with Crippen molar-refractivity contribution >= 4 is 21.9 Å². The summed E-state index contributed by atoms with van der Waals surface area (Å²) >= 11 is 3.57. The molecule has 5 nitrogen and oxygen atoms in total. The number of aryl methyl sites for hydroxylation is 3. The number of aromatic nitrogens is 1. The highest BCUT2D eigenvalue weighted by atomic mass is 79.9. The summed E-state index contributed by atoms with van der Waals surface area (Å²) in [5, 5.41) is 0. The van der Waals surface area contributed by atoms with Crippen molar-refractivity contribution in [1.29, 1.82) is 0 Å². The first-order valence-electron chi connectivity index (χ1n) is 9.90. The lowest BCUT2D eigenvalue weighted by Crippen LogP contribution is -2.12. The zero-order valence-corrected chi connectivity index (χ0v) is 18.6. The first kappa shape index (κ1) is 21.8. The largest absolute Gasteiger partial charge is 0.352 e. The SMILES string of the molecule is CCc1cc(CCCc2cc(-c3ccccc3Br)c[nH]c2=O)cc(OOC(C)=O)c1. The van der Waals surface area contributed by atoms with Gasteiger partial charge in [-0.25, -0.2) is 4.79 Å². The summed E-state index contributed by atoms with van der Waals surface area (Å²) in [5.74, 6) is 0.0101. The van der Waals surface area contributed by atoms with Crippen LogP contribution in [-0.4, -0.2) is 11.0 Å². The Labute approximate surface area is 184 Å². The van der Waals surface area contributed by atoms with Crippen molar-refractivity contribution in [3.63, 3.8) is 0 Å². The molecule has 1 aromatic heterocycles. The Balaban J connectivity index is 1.71. The molecule has 0 amide bonds. The van der Waals surface area contributed by atoms with Crippen LogP contribution in [0.2, 0.25) is 0 Å². The minimum Gasteiger partial charge on any atom is -0.328 e. The number of nitrogens with one attached hydrogen (secondary N) is 1. The highest BCUT2D eigenvalue weighted by molar-refractivity contribution is 9.10. The molecule has 1 heterocycles. The van der Waals surface area contributed by atoms with Crippen molar-refractivity contribution in [3.8, 4) is 16.9 Å². The van der Waals surface area contributed by atoms with Gasteiger partial charge in [-0.1, -0.05) is 47.1 Å². The maximum Gasteiger partial charge on any atom is 0.352 e. The number of carbonyl (C=O) groups excluding carboxylic acids is 1. The van der Waals surface area contributed by atoms with E-state index in [0.717, 1.165) is 51.6 Å². The Hall–Kier alpha value is -2.86. The van der Waals surface area contributed by atoms with Crippen LogP contribution in [0.15, 0.2) is 64.0 Å². The number of hydrogen-bond acceptors (Lipinski definition) is 4. The van der Waals surface area contributed by atoms with E-state index in [2.05, 4.69) is 38.8 Å². The molecule has 0 radical (unpaired) electrons. The van der Waals surface area contributed by atoms with E-state index in [0.29, 0.717) is 12.2 Å². The van der Waals surface area contributed by atoms with Gasteiger partial charge in [-0.15, -0.1) is 0 Å². The molecule has 0 unspecified atom stereocenters. The van der Waals surface area contributed by atoms with Gasteiger partial charge in [0.25, 0.3) is 5.56 Å². The van der Waals surface area contributed by atoms with Gasteiger partial charge in [0.05, 0.1) is 0 Å². The monoisotopic (exact) mass is 469 g/mol. The highest BCUT2D eigenvalue weighted by Crippen LogP contribution is 2.27. The molecule has 3 rings (SSSR count). The van der Waals surface area contributed by atoms with Gasteiger partial charge in [0.1, 0.15) is 0 Å². The molecule has 2 aromatic carbocycles. The Morgan fingerprint density at radius 1 is 1.07 bits per heavy atom. The summed E-state index contributed by atoms with van der Waals surface area (Å²) in [4.78, 5) is 35.9. The molecule has 3 aromatic rings. The number of pyridine rings is 1. The number of aromatic amines is 1. The van der Waals surface area contributed by atoms with E-state index in [4.69, 9.17) is 4.89 Å². The molecule has 0 bridgehead atoms. The number of halogens is 1. The van der Waals surface area contributed by atoms with Crippen LogP contribution < -0.4 is 10.4 Å². The lowest BCUT2D eigenvalue weighted by atomic mass is 10.00. The van der Waals surface area contributed by atoms with Crippen LogP contribution in [0.3, 0.4) is 0 Å². The molecule has 0 aliphatic heterocycles. The van der Waals surface area contributed by atoms with E-state index >= 15 is 0 Å². The lowest BCUT2D eigenvalue weighted by Gasteiger charge is -2.09. The fourth-order valence-corrected chi connectivity index (χ4v) is 3.80. The minimum atomic E-state index is -0.498. The van der Waals surface area contributed by atoms with Crippen LogP contribution in [0.1, 0.15) is 37.0 Å². The average Bonchev–Trinajstić information content (AvgIpc) is 2.74. The van der Waals surface area contributed by atoms with Gasteiger partial charge in [-0.05, 0) is 72.2 Å². The van der Waals surface area contributed by atoms with Crippen LogP contribution in [0.25, 0.3) is 11.1 Å². The summed E-state index contributed by atoms with van der Waals surface area (Å²) in [6, 6.07) is 15.7. The quantitative estimate of drug-likeness (QED) is 0.354. The van der Waals surface area contributed by atoms with Crippen LogP contribution in [0.5, 0.6) is 5.75 Å². The predicted molar refractivity (Wildman–Crippen MR) is 120 cm³/mol. The van der Waals surface area contributed by atoms with Crippen molar-refractivity contribution in [1.82, 2.24) is 4.98 Å². The summed E-state index contributed by atoms with van der Waals surface area (Å²) in [6.07, 6.45) is 4.84. The maximum absolute atomic E-state index is 12.3. The minimum absolute atomic E-state index is 0.0630. The van der Waals surface area contributed by atoms with E-state index in [1.54, 1.807) is 6.20 Å². The van der Waals surface area contributed by atoms with Gasteiger partial charge < -0.3 is 4.98 Å². The van der Waals surface area contributed by atoms with Crippen LogP contribution in [0.4, 0.5) is 0 Å². The average molecular weight is 470 g/mol. The third-order valence-electron chi connectivity index (χ3n) is 4.77. The van der Waals surface area contributed by atoms with E-state index in [-0.39, 0.29) is 5.56 Å². The van der Waals surface area contributed by atoms with Crippen molar-refractivity contribution < 1.29 is 14.6 Å². The highest BCUT2D eigenvalue weighted by Gasteiger charge is 2.08. The molecule has 0 spiro atoms. The first-order valence-corrected chi connectivity index (χ1v) is 10.7. The Morgan fingerprint density at radius 3 is 2.57 bits per heavy atom. The summed E-state index contributed by atoms with van der Waals surface area (Å²) in [6.45, 7) is 3.35. The van der Waals surface area contributed by atoms with Crippen molar-refractivity contribution in [2.24, 2.45) is 0 Å². The van der Waals surface area contributed by atoms with Crippen LogP contribution in [0, 0.1) is 0 Å². The second kappa shape index (κ2) is 10.3. The summed E-state index contributed by atoms with van der Waals surface area (Å²) in [7, 11) is 0. The van der Waals surface area contributed by atoms with E-state index in [1.165, 1.54) is 6.92 Å². The molecule has 0 fully saturated rings. The van der Waals surface area contributed by atoms with Crippen molar-refractivity contribution in [2.75, 3.05) is 0 Å². The molecular weight excluding hydrogens is 446 g/mol. The smallest absolute Gasteiger partial charge is 0.328 e. The number of rotatable bonds is 8. The maximum atomic E-state index is 12.3. The molecule has 30 heavy (non-hydrogen) atoms. The van der Waals surface area contributed by atoms with Crippen molar-refractivity contribution in [2.45, 2.75) is 39.5 Å².